The van der Waals surface area contributed by atoms with Gasteiger partial charge in [0.05, 0.1) is 6.33 Å². The molecule has 0 atom stereocenters. The van der Waals surface area contributed by atoms with Gasteiger partial charge in [-0.05, 0) is 11.6 Å². The van der Waals surface area contributed by atoms with Crippen LogP contribution in [0.25, 0.3) is 11.2 Å². The predicted octanol–water partition coefficient (Wildman–Crippen LogP) is 1.32. The van der Waals surface area contributed by atoms with E-state index >= 15 is 0 Å². The van der Waals surface area contributed by atoms with Crippen molar-refractivity contribution >= 4 is 28.8 Å². The van der Waals surface area contributed by atoms with Crippen LogP contribution >= 0.6 is 11.8 Å². The summed E-state index contributed by atoms with van der Waals surface area (Å²) in [5.41, 5.74) is 8.39. The van der Waals surface area contributed by atoms with Gasteiger partial charge in [-0.2, -0.15) is 0 Å². The van der Waals surface area contributed by atoms with Crippen molar-refractivity contribution in [3.8, 4) is 0 Å². The number of nitrogen functional groups attached to an aromatic ring is 1. The van der Waals surface area contributed by atoms with Crippen molar-refractivity contribution in [3.05, 3.63) is 42.2 Å². The maximum absolute atomic E-state index is 7.53. The van der Waals surface area contributed by atoms with Crippen LogP contribution in [0.4, 0.5) is 0 Å². The molecule has 0 spiro atoms. The predicted molar refractivity (Wildman–Crippen MR) is 76.5 cm³/mol. The Labute approximate surface area is 118 Å². The molecule has 8 heteroatoms. The Balaban J connectivity index is 1.87. The van der Waals surface area contributed by atoms with Crippen LogP contribution in [0, 0.1) is 5.41 Å². The first-order valence-corrected chi connectivity index (χ1v) is 6.79. The summed E-state index contributed by atoms with van der Waals surface area (Å²) in [6.07, 6.45) is 4.71. The highest BCUT2D eigenvalue weighted by Crippen LogP contribution is 2.26. The summed E-state index contributed by atoms with van der Waals surface area (Å²) in [4.78, 5) is 19.6. The lowest BCUT2D eigenvalue weighted by Gasteiger charge is -2.06. The number of aromatic amines is 1. The van der Waals surface area contributed by atoms with Crippen LogP contribution in [-0.2, 0) is 5.75 Å². The molecule has 0 saturated carbocycles. The van der Waals surface area contributed by atoms with Gasteiger partial charge in [0.25, 0.3) is 0 Å². The Morgan fingerprint density at radius 2 is 2.20 bits per heavy atom. The molecular formula is C12H11N7S. The minimum absolute atomic E-state index is 0.0319. The van der Waals surface area contributed by atoms with Crippen LogP contribution in [-0.4, -0.2) is 30.8 Å². The second-order valence-corrected chi connectivity index (χ2v) is 4.96. The smallest absolute Gasteiger partial charge is 0.181 e. The van der Waals surface area contributed by atoms with E-state index in [9.17, 15) is 0 Å². The number of fused-ring (bicyclic) bond motifs is 1. The summed E-state index contributed by atoms with van der Waals surface area (Å²) in [5, 5.41) is 8.34. The van der Waals surface area contributed by atoms with Crippen molar-refractivity contribution in [1.29, 1.82) is 5.41 Å². The van der Waals surface area contributed by atoms with Gasteiger partial charge in [0.2, 0.25) is 0 Å². The molecule has 0 aliphatic rings. The van der Waals surface area contributed by atoms with Crippen molar-refractivity contribution in [3.63, 3.8) is 0 Å². The first-order valence-electron chi connectivity index (χ1n) is 5.81. The molecule has 0 bridgehead atoms. The molecule has 0 unspecified atom stereocenters. The molecule has 4 N–H and O–H groups in total. The quantitative estimate of drug-likeness (QED) is 0.288. The summed E-state index contributed by atoms with van der Waals surface area (Å²) < 4.78 is 0. The molecule has 0 radical (unpaired) electrons. The van der Waals surface area contributed by atoms with Crippen LogP contribution in [0.5, 0.6) is 0 Å². The largest absolute Gasteiger partial charge is 0.382 e. The molecule has 100 valence electrons. The average Bonchev–Trinajstić information content (AvgIpc) is 2.94. The highest BCUT2D eigenvalue weighted by Gasteiger charge is 2.10. The van der Waals surface area contributed by atoms with E-state index in [1.165, 1.54) is 18.1 Å². The number of rotatable bonds is 4. The van der Waals surface area contributed by atoms with Crippen LogP contribution in [0.2, 0.25) is 0 Å². The fraction of sp³-hybridized carbons (Fsp3) is 0.0833. The van der Waals surface area contributed by atoms with Crippen LogP contribution in [0.1, 0.15) is 11.3 Å². The highest BCUT2D eigenvalue weighted by molar-refractivity contribution is 7.98. The lowest BCUT2D eigenvalue weighted by molar-refractivity contribution is 1.08. The SMILES string of the molecule is N=C(N)c1ncccc1CSc1ncnc2nc[nH]c12. The van der Waals surface area contributed by atoms with E-state index in [-0.39, 0.29) is 5.84 Å². The number of aromatic nitrogens is 5. The lowest BCUT2D eigenvalue weighted by Crippen LogP contribution is -2.15. The molecule has 0 amide bonds. The molecule has 3 aromatic rings. The van der Waals surface area contributed by atoms with Crippen LogP contribution in [0.15, 0.2) is 36.0 Å². The average molecular weight is 285 g/mol. The van der Waals surface area contributed by atoms with Gasteiger partial charge in [-0.1, -0.05) is 17.8 Å². The summed E-state index contributed by atoms with van der Waals surface area (Å²) in [6.45, 7) is 0. The standard InChI is InChI=1S/C12H11N7S/c13-10(14)8-7(2-1-3-15-8)4-20-12-9-11(17-5-16-9)18-6-19-12/h1-3,5-6H,4H2,(H3,13,14)(H,16,17,18,19). The molecule has 3 heterocycles. The number of pyridine rings is 1. The van der Waals surface area contributed by atoms with Gasteiger partial charge in [0.15, 0.2) is 5.65 Å². The fourth-order valence-electron chi connectivity index (χ4n) is 1.80. The third kappa shape index (κ3) is 2.32. The van der Waals surface area contributed by atoms with E-state index in [0.29, 0.717) is 17.1 Å². The number of thioether (sulfide) groups is 1. The summed E-state index contributed by atoms with van der Waals surface area (Å²) in [6, 6.07) is 3.73. The molecule has 3 rings (SSSR count). The molecular weight excluding hydrogens is 274 g/mol. The Morgan fingerprint density at radius 3 is 3.05 bits per heavy atom. The highest BCUT2D eigenvalue weighted by atomic mass is 32.2. The van der Waals surface area contributed by atoms with Crippen molar-refractivity contribution in [2.24, 2.45) is 5.73 Å². The number of nitrogens with two attached hydrogens (primary N) is 1. The third-order valence-electron chi connectivity index (χ3n) is 2.70. The topological polar surface area (TPSA) is 117 Å². The van der Waals surface area contributed by atoms with Gasteiger partial charge in [-0.3, -0.25) is 10.4 Å². The van der Waals surface area contributed by atoms with Crippen LogP contribution in [0.3, 0.4) is 0 Å². The first kappa shape index (κ1) is 12.5. The van der Waals surface area contributed by atoms with Gasteiger partial charge in [-0.15, -0.1) is 0 Å². The Bertz CT molecular complexity index is 767. The van der Waals surface area contributed by atoms with Gasteiger partial charge in [0.1, 0.15) is 28.4 Å². The molecule has 0 aliphatic carbocycles. The monoisotopic (exact) mass is 285 g/mol. The van der Waals surface area contributed by atoms with Crippen LogP contribution < -0.4 is 5.73 Å². The van der Waals surface area contributed by atoms with Gasteiger partial charge >= 0.3 is 0 Å². The molecule has 0 saturated heterocycles. The number of imidazole rings is 1. The van der Waals surface area contributed by atoms with E-state index < -0.39 is 0 Å². The maximum atomic E-state index is 7.53. The molecule has 7 nitrogen and oxygen atoms in total. The minimum atomic E-state index is -0.0319. The fourth-order valence-corrected chi connectivity index (χ4v) is 2.74. The Kier molecular flexibility index (Phi) is 3.30. The number of nitrogens with one attached hydrogen (secondary N) is 2. The number of nitrogens with zero attached hydrogens (tertiary/aromatic N) is 4. The number of amidine groups is 1. The third-order valence-corrected chi connectivity index (χ3v) is 3.74. The molecule has 0 fully saturated rings. The van der Waals surface area contributed by atoms with Crippen molar-refractivity contribution in [1.82, 2.24) is 24.9 Å². The molecule has 20 heavy (non-hydrogen) atoms. The summed E-state index contributed by atoms with van der Waals surface area (Å²) >= 11 is 1.52. The normalized spacial score (nSPS) is 10.8. The Morgan fingerprint density at radius 1 is 1.30 bits per heavy atom. The second kappa shape index (κ2) is 5.25. The molecule has 0 aliphatic heterocycles. The molecule has 3 aromatic heterocycles. The van der Waals surface area contributed by atoms with Crippen molar-refractivity contribution < 1.29 is 0 Å². The van der Waals surface area contributed by atoms with Gasteiger partial charge in [-0.25, -0.2) is 15.0 Å². The van der Waals surface area contributed by atoms with E-state index in [4.69, 9.17) is 11.1 Å². The van der Waals surface area contributed by atoms with E-state index in [1.54, 1.807) is 12.5 Å². The number of hydrogen-bond donors (Lipinski definition) is 3. The molecule has 0 aromatic carbocycles. The van der Waals surface area contributed by atoms with E-state index in [0.717, 1.165) is 16.1 Å². The Hall–Kier alpha value is -2.48. The summed E-state index contributed by atoms with van der Waals surface area (Å²) in [7, 11) is 0. The lowest BCUT2D eigenvalue weighted by atomic mass is 10.2. The zero-order valence-electron chi connectivity index (χ0n) is 10.4. The van der Waals surface area contributed by atoms with Crippen molar-refractivity contribution in [2.45, 2.75) is 10.8 Å². The van der Waals surface area contributed by atoms with Gasteiger partial charge in [0, 0.05) is 11.9 Å². The van der Waals surface area contributed by atoms with Gasteiger partial charge < -0.3 is 10.7 Å². The zero-order chi connectivity index (χ0) is 13.9. The maximum Gasteiger partial charge on any atom is 0.181 e. The second-order valence-electron chi connectivity index (χ2n) is 3.99. The summed E-state index contributed by atoms with van der Waals surface area (Å²) in [5.74, 6) is 0.587. The minimum Gasteiger partial charge on any atom is -0.382 e. The number of H-pyrrole nitrogens is 1. The number of hydrogen-bond acceptors (Lipinski definition) is 6. The zero-order valence-corrected chi connectivity index (χ0v) is 11.2. The first-order chi connectivity index (χ1) is 9.75. The van der Waals surface area contributed by atoms with Crippen molar-refractivity contribution in [2.75, 3.05) is 0 Å². The van der Waals surface area contributed by atoms with E-state index in [1.807, 2.05) is 12.1 Å². The van der Waals surface area contributed by atoms with E-state index in [2.05, 4.69) is 24.9 Å².